The lowest BCUT2D eigenvalue weighted by Crippen LogP contribution is -2.55. The Bertz CT molecular complexity index is 573. The molecule has 1 aromatic rings. The molecule has 1 heterocycles. The molecule has 1 unspecified atom stereocenters. The average Bonchev–Trinajstić information content (AvgIpc) is 2.83. The van der Waals surface area contributed by atoms with Crippen LogP contribution in [0.25, 0.3) is 0 Å². The Morgan fingerprint density at radius 3 is 2.60 bits per heavy atom. The van der Waals surface area contributed by atoms with Gasteiger partial charge in [0.1, 0.15) is 5.82 Å². The fraction of sp³-hybridized carbons (Fsp3) is 0.333. The van der Waals surface area contributed by atoms with Gasteiger partial charge in [0.25, 0.3) is 5.91 Å². The average molecular weight is 322 g/mol. The van der Waals surface area contributed by atoms with Crippen LogP contribution in [0.5, 0.6) is 0 Å². The quantitative estimate of drug-likeness (QED) is 0.836. The molecule has 8 heteroatoms. The summed E-state index contributed by atoms with van der Waals surface area (Å²) >= 11 is 11.3. The first-order valence-corrected chi connectivity index (χ1v) is 6.39. The summed E-state index contributed by atoms with van der Waals surface area (Å²) in [4.78, 5) is 23.3. The number of hydrogen-bond acceptors (Lipinski definition) is 3. The van der Waals surface area contributed by atoms with Crippen LogP contribution in [-0.2, 0) is 9.53 Å². The Hall–Kier alpha value is -1.37. The van der Waals surface area contributed by atoms with Crippen LogP contribution in [0, 0.1) is 5.82 Å². The largest absolute Gasteiger partial charge is 0.479 e. The van der Waals surface area contributed by atoms with Crippen LogP contribution < -0.4 is 5.32 Å². The number of amides is 1. The molecule has 0 aromatic heterocycles. The second kappa shape index (κ2) is 5.55. The Morgan fingerprint density at radius 1 is 1.35 bits per heavy atom. The highest BCUT2D eigenvalue weighted by Gasteiger charge is 2.44. The summed E-state index contributed by atoms with van der Waals surface area (Å²) in [7, 11) is 0. The molecule has 20 heavy (non-hydrogen) atoms. The van der Waals surface area contributed by atoms with Gasteiger partial charge in [-0.15, -0.1) is 0 Å². The molecule has 1 aliphatic rings. The number of halogens is 3. The molecule has 1 atom stereocenters. The fourth-order valence-electron chi connectivity index (χ4n) is 1.87. The highest BCUT2D eigenvalue weighted by molar-refractivity contribution is 6.36. The number of ether oxygens (including phenoxy) is 1. The Balaban J connectivity index is 2.28. The molecule has 5 nitrogen and oxygen atoms in total. The number of benzene rings is 1. The van der Waals surface area contributed by atoms with Gasteiger partial charge < -0.3 is 15.2 Å². The molecule has 0 aliphatic carbocycles. The minimum Gasteiger partial charge on any atom is -0.479 e. The number of nitrogens with one attached hydrogen (secondary N) is 1. The molecule has 0 spiro atoms. The molecule has 0 saturated carbocycles. The van der Waals surface area contributed by atoms with E-state index in [1.54, 1.807) is 0 Å². The molecular formula is C12H10Cl2FNO4. The lowest BCUT2D eigenvalue weighted by atomic mass is 9.98. The molecule has 0 bridgehead atoms. The highest BCUT2D eigenvalue weighted by Crippen LogP contribution is 2.26. The SMILES string of the molecule is O=C(NC1(C(=O)O)CCOC1)c1cc(F)c(Cl)cc1Cl. The van der Waals surface area contributed by atoms with Gasteiger partial charge >= 0.3 is 5.97 Å². The monoisotopic (exact) mass is 321 g/mol. The van der Waals surface area contributed by atoms with Gasteiger partial charge in [-0.3, -0.25) is 4.79 Å². The zero-order valence-corrected chi connectivity index (χ0v) is 11.6. The van der Waals surface area contributed by atoms with E-state index in [0.29, 0.717) is 0 Å². The smallest absolute Gasteiger partial charge is 0.331 e. The van der Waals surface area contributed by atoms with Gasteiger partial charge in [-0.1, -0.05) is 23.2 Å². The van der Waals surface area contributed by atoms with E-state index in [1.807, 2.05) is 0 Å². The minimum atomic E-state index is -1.52. The van der Waals surface area contributed by atoms with Crippen LogP contribution in [0.3, 0.4) is 0 Å². The molecule has 1 fully saturated rings. The van der Waals surface area contributed by atoms with Gasteiger partial charge in [0.2, 0.25) is 0 Å². The molecular weight excluding hydrogens is 312 g/mol. The van der Waals surface area contributed by atoms with E-state index in [9.17, 15) is 19.1 Å². The van der Waals surface area contributed by atoms with Crippen molar-refractivity contribution < 1.29 is 23.8 Å². The summed E-state index contributed by atoms with van der Waals surface area (Å²) in [6.45, 7) is 0.0665. The summed E-state index contributed by atoms with van der Waals surface area (Å²) in [6.07, 6.45) is 0.127. The van der Waals surface area contributed by atoms with Gasteiger partial charge in [0, 0.05) is 13.0 Å². The molecule has 108 valence electrons. The van der Waals surface area contributed by atoms with E-state index in [4.69, 9.17) is 27.9 Å². The van der Waals surface area contributed by atoms with Crippen molar-refractivity contribution in [2.45, 2.75) is 12.0 Å². The Morgan fingerprint density at radius 2 is 2.05 bits per heavy atom. The third-order valence-electron chi connectivity index (χ3n) is 3.04. The van der Waals surface area contributed by atoms with Crippen molar-refractivity contribution in [3.63, 3.8) is 0 Å². The first-order valence-electron chi connectivity index (χ1n) is 5.64. The van der Waals surface area contributed by atoms with Gasteiger partial charge in [0.05, 0.1) is 22.2 Å². The number of aliphatic carboxylic acids is 1. The molecule has 2 rings (SSSR count). The number of carbonyl (C=O) groups is 2. The van der Waals surface area contributed by atoms with Crippen LogP contribution in [0.15, 0.2) is 12.1 Å². The van der Waals surface area contributed by atoms with Gasteiger partial charge in [-0.2, -0.15) is 0 Å². The van der Waals surface area contributed by atoms with Crippen molar-refractivity contribution in [1.29, 1.82) is 0 Å². The third-order valence-corrected chi connectivity index (χ3v) is 3.64. The summed E-state index contributed by atoms with van der Waals surface area (Å²) < 4.78 is 18.4. The van der Waals surface area contributed by atoms with E-state index in [0.717, 1.165) is 12.1 Å². The van der Waals surface area contributed by atoms with Crippen molar-refractivity contribution in [3.8, 4) is 0 Å². The lowest BCUT2D eigenvalue weighted by Gasteiger charge is -2.24. The van der Waals surface area contributed by atoms with Crippen LogP contribution in [0.1, 0.15) is 16.8 Å². The van der Waals surface area contributed by atoms with E-state index in [2.05, 4.69) is 5.32 Å². The normalized spacial score (nSPS) is 21.8. The van der Waals surface area contributed by atoms with Crippen molar-refractivity contribution in [2.24, 2.45) is 0 Å². The maximum Gasteiger partial charge on any atom is 0.331 e. The summed E-state index contributed by atoms with van der Waals surface area (Å²) in [6, 6.07) is 1.96. The van der Waals surface area contributed by atoms with E-state index in [1.165, 1.54) is 0 Å². The van der Waals surface area contributed by atoms with Crippen molar-refractivity contribution in [2.75, 3.05) is 13.2 Å². The third kappa shape index (κ3) is 2.72. The van der Waals surface area contributed by atoms with Crippen molar-refractivity contribution >= 4 is 35.1 Å². The summed E-state index contributed by atoms with van der Waals surface area (Å²) in [5.74, 6) is -2.82. The van der Waals surface area contributed by atoms with Crippen molar-refractivity contribution in [3.05, 3.63) is 33.6 Å². The highest BCUT2D eigenvalue weighted by atomic mass is 35.5. The number of carbonyl (C=O) groups excluding carboxylic acids is 1. The summed E-state index contributed by atoms with van der Waals surface area (Å²) in [5, 5.41) is 11.3. The Labute approximate surface area is 123 Å². The number of hydrogen-bond donors (Lipinski definition) is 2. The second-order valence-electron chi connectivity index (χ2n) is 4.39. The first kappa shape index (κ1) is 15.0. The number of carboxylic acid groups (broad SMARTS) is 1. The molecule has 1 amide bonds. The predicted octanol–water partition coefficient (Wildman–Crippen LogP) is 2.11. The maximum atomic E-state index is 13.4. The maximum absolute atomic E-state index is 13.4. The van der Waals surface area contributed by atoms with Crippen LogP contribution in [0.2, 0.25) is 10.0 Å². The van der Waals surface area contributed by atoms with Gasteiger partial charge in [-0.05, 0) is 12.1 Å². The second-order valence-corrected chi connectivity index (χ2v) is 5.20. The molecule has 1 aromatic carbocycles. The van der Waals surface area contributed by atoms with Crippen LogP contribution in [-0.4, -0.2) is 35.7 Å². The molecule has 2 N–H and O–H groups in total. The Kier molecular flexibility index (Phi) is 4.17. The van der Waals surface area contributed by atoms with Crippen LogP contribution >= 0.6 is 23.2 Å². The number of carboxylic acids is 1. The number of rotatable bonds is 3. The summed E-state index contributed by atoms with van der Waals surface area (Å²) in [5.41, 5.74) is -1.70. The molecule has 1 saturated heterocycles. The van der Waals surface area contributed by atoms with E-state index >= 15 is 0 Å². The zero-order valence-electron chi connectivity index (χ0n) is 10.1. The standard InChI is InChI=1S/C12H10Cl2FNO4/c13-7-4-8(14)9(15)3-6(7)10(17)16-12(11(18)19)1-2-20-5-12/h3-4H,1-2,5H2,(H,16,17)(H,18,19). The zero-order chi connectivity index (χ0) is 14.9. The molecule has 0 radical (unpaired) electrons. The predicted molar refractivity (Wildman–Crippen MR) is 69.7 cm³/mol. The van der Waals surface area contributed by atoms with Gasteiger partial charge in [0.15, 0.2) is 5.54 Å². The molecule has 1 aliphatic heterocycles. The van der Waals surface area contributed by atoms with E-state index in [-0.39, 0.29) is 35.2 Å². The van der Waals surface area contributed by atoms with Crippen molar-refractivity contribution in [1.82, 2.24) is 5.32 Å². The van der Waals surface area contributed by atoms with Gasteiger partial charge in [-0.25, -0.2) is 9.18 Å². The topological polar surface area (TPSA) is 75.6 Å². The van der Waals surface area contributed by atoms with Crippen LogP contribution in [0.4, 0.5) is 4.39 Å². The first-order chi connectivity index (χ1) is 9.35. The minimum absolute atomic E-state index is 0.0617. The lowest BCUT2D eigenvalue weighted by molar-refractivity contribution is -0.144. The van der Waals surface area contributed by atoms with E-state index < -0.39 is 23.2 Å². The fourth-order valence-corrected chi connectivity index (χ4v) is 2.34.